The highest BCUT2D eigenvalue weighted by atomic mass is 19.1. The maximum absolute atomic E-state index is 13.6. The van der Waals surface area contributed by atoms with Crippen LogP contribution in [0.2, 0.25) is 0 Å². The number of rotatable bonds is 3. The first-order chi connectivity index (χ1) is 8.49. The van der Waals surface area contributed by atoms with Crippen molar-refractivity contribution in [3.63, 3.8) is 0 Å². The van der Waals surface area contributed by atoms with Crippen molar-refractivity contribution in [3.8, 4) is 0 Å². The minimum absolute atomic E-state index is 0.171. The summed E-state index contributed by atoms with van der Waals surface area (Å²) in [5.41, 5.74) is -1.90. The van der Waals surface area contributed by atoms with Crippen LogP contribution in [0.5, 0.6) is 0 Å². The molecule has 96 valence electrons. The SMILES string of the molecule is O=C(OC1COC1)c1cc(F)cc([N+](=O)[O-])c1F. The van der Waals surface area contributed by atoms with Crippen LogP contribution in [0.25, 0.3) is 0 Å². The standard InChI is InChI=1S/C10H7F2NO5/c11-5-1-7(9(12)8(2-5)13(15)16)10(14)18-6-3-17-4-6/h1-2,6H,3-4H2. The second-order valence-electron chi connectivity index (χ2n) is 3.61. The summed E-state index contributed by atoms with van der Waals surface area (Å²) in [7, 11) is 0. The Hall–Kier alpha value is -2.09. The molecular formula is C10H7F2NO5. The highest BCUT2D eigenvalue weighted by molar-refractivity contribution is 5.90. The van der Waals surface area contributed by atoms with Crippen molar-refractivity contribution in [1.29, 1.82) is 0 Å². The molecule has 1 saturated heterocycles. The maximum Gasteiger partial charge on any atom is 0.341 e. The van der Waals surface area contributed by atoms with Gasteiger partial charge in [0.15, 0.2) is 0 Å². The van der Waals surface area contributed by atoms with Gasteiger partial charge < -0.3 is 9.47 Å². The Kier molecular flexibility index (Phi) is 3.19. The second kappa shape index (κ2) is 4.65. The summed E-state index contributed by atoms with van der Waals surface area (Å²) in [6.07, 6.45) is -0.528. The Morgan fingerprint density at radius 1 is 1.44 bits per heavy atom. The van der Waals surface area contributed by atoms with Crippen LogP contribution in [0.15, 0.2) is 12.1 Å². The van der Waals surface area contributed by atoms with Gasteiger partial charge in [-0.3, -0.25) is 10.1 Å². The molecule has 0 amide bonds. The number of nitro benzene ring substituents is 1. The average Bonchev–Trinajstić information content (AvgIpc) is 2.25. The summed E-state index contributed by atoms with van der Waals surface area (Å²) in [4.78, 5) is 20.8. The number of carbonyl (C=O) groups is 1. The molecule has 0 N–H and O–H groups in total. The zero-order valence-corrected chi connectivity index (χ0v) is 8.89. The molecule has 1 heterocycles. The molecule has 0 atom stereocenters. The van der Waals surface area contributed by atoms with E-state index in [-0.39, 0.29) is 13.2 Å². The van der Waals surface area contributed by atoms with E-state index in [9.17, 15) is 23.7 Å². The van der Waals surface area contributed by atoms with Gasteiger partial charge in [-0.2, -0.15) is 4.39 Å². The molecule has 8 heteroatoms. The molecule has 1 aromatic carbocycles. The first kappa shape index (κ1) is 12.4. The van der Waals surface area contributed by atoms with Crippen LogP contribution in [0.1, 0.15) is 10.4 Å². The molecule has 0 radical (unpaired) electrons. The lowest BCUT2D eigenvalue weighted by Crippen LogP contribution is -2.38. The number of ether oxygens (including phenoxy) is 2. The third-order valence-corrected chi connectivity index (χ3v) is 2.32. The van der Waals surface area contributed by atoms with Gasteiger partial charge in [0.25, 0.3) is 0 Å². The van der Waals surface area contributed by atoms with Crippen molar-refractivity contribution in [2.24, 2.45) is 0 Å². The van der Waals surface area contributed by atoms with Gasteiger partial charge in [-0.25, -0.2) is 9.18 Å². The molecule has 1 aliphatic heterocycles. The second-order valence-corrected chi connectivity index (χ2v) is 3.61. The first-order valence-corrected chi connectivity index (χ1v) is 4.91. The molecule has 0 unspecified atom stereocenters. The molecule has 0 spiro atoms. The zero-order chi connectivity index (χ0) is 13.3. The lowest BCUT2D eigenvalue weighted by Gasteiger charge is -2.25. The van der Waals surface area contributed by atoms with Gasteiger partial charge in [0.2, 0.25) is 5.82 Å². The fraction of sp³-hybridized carbons (Fsp3) is 0.300. The summed E-state index contributed by atoms with van der Waals surface area (Å²) in [6.45, 7) is 0.343. The molecule has 0 aromatic heterocycles. The summed E-state index contributed by atoms with van der Waals surface area (Å²) in [5.74, 6) is -3.64. The van der Waals surface area contributed by atoms with Crippen LogP contribution in [0.3, 0.4) is 0 Å². The van der Waals surface area contributed by atoms with E-state index >= 15 is 0 Å². The summed E-state index contributed by atoms with van der Waals surface area (Å²) in [6, 6.07) is 0.961. The molecule has 18 heavy (non-hydrogen) atoms. The van der Waals surface area contributed by atoms with Gasteiger partial charge >= 0.3 is 11.7 Å². The number of hydrogen-bond acceptors (Lipinski definition) is 5. The normalized spacial score (nSPS) is 15.0. The molecule has 1 aromatic rings. The van der Waals surface area contributed by atoms with Crippen LogP contribution >= 0.6 is 0 Å². The number of esters is 1. The third-order valence-electron chi connectivity index (χ3n) is 2.32. The van der Waals surface area contributed by atoms with Crippen molar-refractivity contribution >= 4 is 11.7 Å². The molecule has 2 rings (SSSR count). The third kappa shape index (κ3) is 2.28. The Balaban J connectivity index is 2.31. The number of nitro groups is 1. The number of nitrogens with zero attached hydrogens (tertiary/aromatic N) is 1. The lowest BCUT2D eigenvalue weighted by atomic mass is 10.1. The molecule has 0 aliphatic carbocycles. The van der Waals surface area contributed by atoms with E-state index in [0.29, 0.717) is 12.1 Å². The smallest absolute Gasteiger partial charge is 0.341 e. The largest absolute Gasteiger partial charge is 0.454 e. The molecule has 1 fully saturated rings. The Bertz CT molecular complexity index is 515. The van der Waals surface area contributed by atoms with Crippen molar-refractivity contribution in [3.05, 3.63) is 39.4 Å². The summed E-state index contributed by atoms with van der Waals surface area (Å²) >= 11 is 0. The van der Waals surface area contributed by atoms with Gasteiger partial charge in [0, 0.05) is 0 Å². The van der Waals surface area contributed by atoms with E-state index in [1.165, 1.54) is 0 Å². The lowest BCUT2D eigenvalue weighted by molar-refractivity contribution is -0.387. The van der Waals surface area contributed by atoms with Crippen molar-refractivity contribution in [2.75, 3.05) is 13.2 Å². The molecule has 6 nitrogen and oxygen atoms in total. The topological polar surface area (TPSA) is 78.7 Å². The predicted octanol–water partition coefficient (Wildman–Crippen LogP) is 1.43. The van der Waals surface area contributed by atoms with Crippen LogP contribution in [0, 0.1) is 21.7 Å². The molecule has 0 bridgehead atoms. The highest BCUT2D eigenvalue weighted by Crippen LogP contribution is 2.23. The van der Waals surface area contributed by atoms with Gasteiger partial charge in [-0.1, -0.05) is 0 Å². The minimum atomic E-state index is -1.41. The summed E-state index contributed by atoms with van der Waals surface area (Å²) < 4.78 is 36.1. The summed E-state index contributed by atoms with van der Waals surface area (Å²) in [5, 5.41) is 10.5. The fourth-order valence-corrected chi connectivity index (χ4v) is 1.35. The average molecular weight is 259 g/mol. The van der Waals surface area contributed by atoms with E-state index in [2.05, 4.69) is 0 Å². The van der Waals surface area contributed by atoms with Crippen LogP contribution in [0.4, 0.5) is 14.5 Å². The minimum Gasteiger partial charge on any atom is -0.454 e. The Morgan fingerprint density at radius 2 is 2.11 bits per heavy atom. The van der Waals surface area contributed by atoms with Crippen LogP contribution in [-0.4, -0.2) is 30.2 Å². The van der Waals surface area contributed by atoms with E-state index in [4.69, 9.17) is 9.47 Å². The quantitative estimate of drug-likeness (QED) is 0.466. The number of halogens is 2. The Labute approximate surface area is 99.3 Å². The van der Waals surface area contributed by atoms with Crippen LogP contribution < -0.4 is 0 Å². The Morgan fingerprint density at radius 3 is 2.61 bits per heavy atom. The number of carbonyl (C=O) groups excluding carboxylic acids is 1. The molecule has 1 aliphatic rings. The maximum atomic E-state index is 13.6. The molecule has 0 saturated carbocycles. The van der Waals surface area contributed by atoms with Crippen molar-refractivity contribution in [2.45, 2.75) is 6.10 Å². The fourth-order valence-electron chi connectivity index (χ4n) is 1.35. The van der Waals surface area contributed by atoms with E-state index in [1.54, 1.807) is 0 Å². The highest BCUT2D eigenvalue weighted by Gasteiger charge is 2.29. The van der Waals surface area contributed by atoms with Gasteiger partial charge in [0.1, 0.15) is 17.5 Å². The number of benzene rings is 1. The zero-order valence-electron chi connectivity index (χ0n) is 8.89. The predicted molar refractivity (Wildman–Crippen MR) is 53.0 cm³/mol. The van der Waals surface area contributed by atoms with Gasteiger partial charge in [-0.05, 0) is 6.07 Å². The van der Waals surface area contributed by atoms with E-state index < -0.39 is 39.9 Å². The number of hydrogen-bond donors (Lipinski definition) is 0. The van der Waals surface area contributed by atoms with Crippen molar-refractivity contribution in [1.82, 2.24) is 0 Å². The van der Waals surface area contributed by atoms with E-state index in [0.717, 1.165) is 0 Å². The van der Waals surface area contributed by atoms with E-state index in [1.807, 2.05) is 0 Å². The van der Waals surface area contributed by atoms with Crippen molar-refractivity contribution < 1.29 is 28.0 Å². The van der Waals surface area contributed by atoms with Crippen LogP contribution in [-0.2, 0) is 9.47 Å². The van der Waals surface area contributed by atoms with Gasteiger partial charge in [-0.15, -0.1) is 0 Å². The van der Waals surface area contributed by atoms with Gasteiger partial charge in [0.05, 0.1) is 24.2 Å². The monoisotopic (exact) mass is 259 g/mol. The molecular weight excluding hydrogens is 252 g/mol. The first-order valence-electron chi connectivity index (χ1n) is 4.91.